The molecule has 106 valence electrons. The highest BCUT2D eigenvalue weighted by Crippen LogP contribution is 2.29. The minimum atomic E-state index is -0.624. The number of hydrogen-bond donors (Lipinski definition) is 0. The van der Waals surface area contributed by atoms with Gasteiger partial charge in [-0.15, -0.1) is 0 Å². The lowest BCUT2D eigenvalue weighted by Gasteiger charge is -2.40. The Bertz CT molecular complexity index is 296. The molecule has 1 heterocycles. The molecule has 0 radical (unpaired) electrons. The molecule has 1 fully saturated rings. The third-order valence-corrected chi connectivity index (χ3v) is 3.40. The van der Waals surface area contributed by atoms with Gasteiger partial charge in [-0.05, 0) is 34.6 Å². The van der Waals surface area contributed by atoms with Crippen molar-refractivity contribution in [1.29, 1.82) is 0 Å². The van der Waals surface area contributed by atoms with Gasteiger partial charge in [-0.1, -0.05) is 22.6 Å². The van der Waals surface area contributed by atoms with Crippen LogP contribution in [-0.4, -0.2) is 34.0 Å². The summed E-state index contributed by atoms with van der Waals surface area (Å²) in [6.07, 6.45) is 1.05. The lowest BCUT2D eigenvalue weighted by molar-refractivity contribution is -0.295. The molecular weight excluding hydrogens is 347 g/mol. The molecule has 0 aromatic carbocycles. The number of ether oxygens (including phenoxy) is 3. The molecule has 1 saturated heterocycles. The maximum atomic E-state index is 11.8. The van der Waals surface area contributed by atoms with Gasteiger partial charge in [-0.2, -0.15) is 0 Å². The van der Waals surface area contributed by atoms with Gasteiger partial charge in [0.2, 0.25) is 0 Å². The number of halogens is 1. The number of carbonyl (C=O) groups is 1. The molecule has 0 aromatic rings. The van der Waals surface area contributed by atoms with Crippen molar-refractivity contribution < 1.29 is 19.0 Å². The van der Waals surface area contributed by atoms with E-state index in [1.807, 2.05) is 34.6 Å². The molecule has 0 bridgehead atoms. The molecule has 1 rings (SSSR count). The minimum absolute atomic E-state index is 0.122. The summed E-state index contributed by atoms with van der Waals surface area (Å²) in [5, 5.41) is 0. The second-order valence-electron chi connectivity index (χ2n) is 6.06. The first-order chi connectivity index (χ1) is 8.11. The first-order valence-corrected chi connectivity index (χ1v) is 7.77. The second-order valence-corrected chi connectivity index (χ2v) is 6.94. The van der Waals surface area contributed by atoms with Crippen molar-refractivity contribution in [3.05, 3.63) is 0 Å². The van der Waals surface area contributed by atoms with Crippen molar-refractivity contribution in [2.45, 2.75) is 71.1 Å². The number of hydrogen-bond acceptors (Lipinski definition) is 4. The summed E-state index contributed by atoms with van der Waals surface area (Å²) in [7, 11) is 0. The molecule has 0 saturated carbocycles. The lowest BCUT2D eigenvalue weighted by Crippen LogP contribution is -2.46. The Morgan fingerprint density at radius 2 is 1.89 bits per heavy atom. The SMILES string of the molecule is CC(C)(C)OC(=O)C[C@H]1C[C@@H](CI)OC(C)(C)O1. The van der Waals surface area contributed by atoms with E-state index < -0.39 is 11.4 Å². The second kappa shape index (κ2) is 6.05. The van der Waals surface area contributed by atoms with E-state index in [0.717, 1.165) is 10.8 Å². The highest BCUT2D eigenvalue weighted by Gasteiger charge is 2.36. The average Bonchev–Trinajstić information content (AvgIpc) is 2.11. The van der Waals surface area contributed by atoms with E-state index in [9.17, 15) is 4.79 Å². The zero-order valence-corrected chi connectivity index (χ0v) is 13.9. The van der Waals surface area contributed by atoms with E-state index in [0.29, 0.717) is 0 Å². The molecule has 0 amide bonds. The average molecular weight is 370 g/mol. The first-order valence-electron chi connectivity index (χ1n) is 6.25. The van der Waals surface area contributed by atoms with Gasteiger partial charge in [-0.3, -0.25) is 4.79 Å². The molecule has 5 heteroatoms. The van der Waals surface area contributed by atoms with Gasteiger partial charge in [0.25, 0.3) is 0 Å². The molecule has 1 aliphatic rings. The maximum Gasteiger partial charge on any atom is 0.308 e. The van der Waals surface area contributed by atoms with Crippen LogP contribution < -0.4 is 0 Å². The predicted octanol–water partition coefficient (Wildman–Crippen LogP) is 3.06. The molecule has 0 spiro atoms. The van der Waals surface area contributed by atoms with Crippen LogP contribution in [0.1, 0.15) is 47.5 Å². The van der Waals surface area contributed by atoms with Crippen LogP contribution in [0, 0.1) is 0 Å². The summed E-state index contributed by atoms with van der Waals surface area (Å²) < 4.78 is 17.7. The number of rotatable bonds is 3. The minimum Gasteiger partial charge on any atom is -0.460 e. The van der Waals surface area contributed by atoms with E-state index in [-0.39, 0.29) is 24.6 Å². The topological polar surface area (TPSA) is 44.8 Å². The zero-order valence-electron chi connectivity index (χ0n) is 11.8. The molecule has 4 nitrogen and oxygen atoms in total. The fourth-order valence-electron chi connectivity index (χ4n) is 2.01. The largest absolute Gasteiger partial charge is 0.460 e. The third kappa shape index (κ3) is 5.84. The molecule has 0 aromatic heterocycles. The lowest BCUT2D eigenvalue weighted by atomic mass is 10.1. The highest BCUT2D eigenvalue weighted by atomic mass is 127. The van der Waals surface area contributed by atoms with Gasteiger partial charge in [0, 0.05) is 10.8 Å². The van der Waals surface area contributed by atoms with Gasteiger partial charge in [-0.25, -0.2) is 0 Å². The van der Waals surface area contributed by atoms with Crippen molar-refractivity contribution >= 4 is 28.6 Å². The summed E-state index contributed by atoms with van der Waals surface area (Å²) in [4.78, 5) is 11.8. The van der Waals surface area contributed by atoms with Crippen molar-refractivity contribution in [3.63, 3.8) is 0 Å². The van der Waals surface area contributed by atoms with Crippen LogP contribution in [-0.2, 0) is 19.0 Å². The van der Waals surface area contributed by atoms with Crippen LogP contribution in [0.3, 0.4) is 0 Å². The fraction of sp³-hybridized carbons (Fsp3) is 0.923. The zero-order chi connectivity index (χ0) is 14.0. The molecule has 0 unspecified atom stereocenters. The third-order valence-electron chi connectivity index (χ3n) is 2.41. The van der Waals surface area contributed by atoms with Gasteiger partial charge >= 0.3 is 5.97 Å². The monoisotopic (exact) mass is 370 g/mol. The molecular formula is C13H23IO4. The fourth-order valence-corrected chi connectivity index (χ4v) is 2.55. The van der Waals surface area contributed by atoms with Crippen molar-refractivity contribution in [1.82, 2.24) is 0 Å². The quantitative estimate of drug-likeness (QED) is 0.435. The number of alkyl halides is 1. The summed E-state index contributed by atoms with van der Waals surface area (Å²) in [5.74, 6) is -0.835. The van der Waals surface area contributed by atoms with E-state index in [4.69, 9.17) is 14.2 Å². The Hall–Kier alpha value is 0.120. The summed E-state index contributed by atoms with van der Waals surface area (Å²) >= 11 is 2.29. The van der Waals surface area contributed by atoms with Gasteiger partial charge in [0.15, 0.2) is 5.79 Å². The van der Waals surface area contributed by atoms with Crippen LogP contribution in [0.5, 0.6) is 0 Å². The maximum absolute atomic E-state index is 11.8. The summed E-state index contributed by atoms with van der Waals surface area (Å²) in [6, 6.07) is 0. The van der Waals surface area contributed by atoms with Crippen LogP contribution in [0.4, 0.5) is 0 Å². The molecule has 0 aliphatic carbocycles. The number of esters is 1. The summed E-state index contributed by atoms with van der Waals surface area (Å²) in [5.41, 5.74) is -0.444. The summed E-state index contributed by atoms with van der Waals surface area (Å²) in [6.45, 7) is 9.37. The van der Waals surface area contributed by atoms with Crippen LogP contribution >= 0.6 is 22.6 Å². The van der Waals surface area contributed by atoms with Gasteiger partial charge < -0.3 is 14.2 Å². The smallest absolute Gasteiger partial charge is 0.308 e. The van der Waals surface area contributed by atoms with E-state index >= 15 is 0 Å². The number of carbonyl (C=O) groups excluding carboxylic acids is 1. The van der Waals surface area contributed by atoms with Crippen molar-refractivity contribution in [3.8, 4) is 0 Å². The van der Waals surface area contributed by atoms with Gasteiger partial charge in [0.1, 0.15) is 5.60 Å². The highest BCUT2D eigenvalue weighted by molar-refractivity contribution is 14.1. The van der Waals surface area contributed by atoms with Crippen LogP contribution in [0.2, 0.25) is 0 Å². The molecule has 18 heavy (non-hydrogen) atoms. The normalized spacial score (nSPS) is 27.9. The molecule has 0 N–H and O–H groups in total. The molecule has 1 aliphatic heterocycles. The van der Waals surface area contributed by atoms with Crippen molar-refractivity contribution in [2.24, 2.45) is 0 Å². The van der Waals surface area contributed by atoms with E-state index in [1.54, 1.807) is 0 Å². The standard InChI is InChI=1S/C13H23IO4/c1-12(2,3)18-11(15)7-9-6-10(8-14)17-13(4,5)16-9/h9-10H,6-8H2,1-5H3/t9-,10+/m1/s1. The van der Waals surface area contributed by atoms with Crippen LogP contribution in [0.15, 0.2) is 0 Å². The van der Waals surface area contributed by atoms with Crippen LogP contribution in [0.25, 0.3) is 0 Å². The predicted molar refractivity (Wildman–Crippen MR) is 77.8 cm³/mol. The Kier molecular flexibility index (Phi) is 5.44. The van der Waals surface area contributed by atoms with Crippen molar-refractivity contribution in [2.75, 3.05) is 4.43 Å². The molecule has 2 atom stereocenters. The Balaban J connectivity index is 2.53. The van der Waals surface area contributed by atoms with E-state index in [1.165, 1.54) is 0 Å². The van der Waals surface area contributed by atoms with E-state index in [2.05, 4.69) is 22.6 Å². The Labute approximate surface area is 123 Å². The Morgan fingerprint density at radius 1 is 1.33 bits per heavy atom. The first kappa shape index (κ1) is 16.2. The Morgan fingerprint density at radius 3 is 2.39 bits per heavy atom. The van der Waals surface area contributed by atoms with Gasteiger partial charge in [0.05, 0.1) is 18.6 Å².